The first-order chi connectivity index (χ1) is 9.54. The monoisotopic (exact) mass is 282 g/mol. The number of aliphatic hydroxyl groups excluding tert-OH is 3. The lowest BCUT2D eigenvalue weighted by Crippen LogP contribution is -2.57. The number of hydrogen-bond donors (Lipinski definition) is 3. The largest absolute Gasteiger partial charge is 0.448 e. The Morgan fingerprint density at radius 3 is 2.50 bits per heavy atom. The lowest BCUT2D eigenvalue weighted by Gasteiger charge is -2.34. The Kier molecular flexibility index (Phi) is 4.46. The maximum Gasteiger partial charge on any atom is 0.338 e. The minimum absolute atomic E-state index is 0.220. The zero-order valence-corrected chi connectivity index (χ0v) is 10.4. The van der Waals surface area contributed by atoms with E-state index in [1.54, 1.807) is 18.2 Å². The van der Waals surface area contributed by atoms with Gasteiger partial charge in [0.25, 0.3) is 0 Å². The molecule has 0 saturated carbocycles. The molecule has 3 N–H and O–H groups in total. The summed E-state index contributed by atoms with van der Waals surface area (Å²) in [6, 6.07) is 7.95. The molecule has 4 atom stereocenters. The van der Waals surface area contributed by atoms with Gasteiger partial charge in [0.15, 0.2) is 18.5 Å². The molecule has 1 unspecified atom stereocenters. The number of carbonyl (C=O) groups is 2. The van der Waals surface area contributed by atoms with Gasteiger partial charge in [-0.05, 0) is 12.1 Å². The molecule has 0 amide bonds. The van der Waals surface area contributed by atoms with Gasteiger partial charge in [0.05, 0.1) is 12.2 Å². The van der Waals surface area contributed by atoms with Crippen LogP contribution < -0.4 is 0 Å². The molecule has 0 bridgehead atoms. The highest BCUT2D eigenvalue weighted by molar-refractivity contribution is 5.94. The van der Waals surface area contributed by atoms with Gasteiger partial charge in [-0.1, -0.05) is 18.2 Å². The van der Waals surface area contributed by atoms with Gasteiger partial charge in [-0.3, -0.25) is 4.79 Å². The first-order valence-corrected chi connectivity index (χ1v) is 5.97. The van der Waals surface area contributed by atoms with Gasteiger partial charge < -0.3 is 24.8 Å². The fourth-order valence-electron chi connectivity index (χ4n) is 1.85. The molecule has 7 heteroatoms. The van der Waals surface area contributed by atoms with Crippen LogP contribution in [0.1, 0.15) is 10.4 Å². The highest BCUT2D eigenvalue weighted by Gasteiger charge is 2.45. The molecule has 1 heterocycles. The van der Waals surface area contributed by atoms with Crippen molar-refractivity contribution in [2.45, 2.75) is 24.6 Å². The third kappa shape index (κ3) is 2.86. The Bertz CT molecular complexity index is 487. The second kappa shape index (κ2) is 6.10. The van der Waals surface area contributed by atoms with Gasteiger partial charge in [-0.15, -0.1) is 0 Å². The van der Waals surface area contributed by atoms with Crippen molar-refractivity contribution >= 4 is 11.8 Å². The van der Waals surface area contributed by atoms with Crippen molar-refractivity contribution in [3.05, 3.63) is 35.9 Å². The molecule has 0 radical (unpaired) electrons. The molecule has 20 heavy (non-hydrogen) atoms. The average molecular weight is 282 g/mol. The summed E-state index contributed by atoms with van der Waals surface area (Å²) in [5.41, 5.74) is 0.220. The minimum Gasteiger partial charge on any atom is -0.448 e. The van der Waals surface area contributed by atoms with Crippen molar-refractivity contribution in [3.63, 3.8) is 0 Å². The predicted molar refractivity (Wildman–Crippen MR) is 64.6 cm³/mol. The summed E-state index contributed by atoms with van der Waals surface area (Å²) in [7, 11) is 0. The highest BCUT2D eigenvalue weighted by atomic mass is 16.7. The number of esters is 1. The van der Waals surface area contributed by atoms with Crippen molar-refractivity contribution in [1.82, 2.24) is 0 Å². The van der Waals surface area contributed by atoms with E-state index in [0.29, 0.717) is 0 Å². The first kappa shape index (κ1) is 14.6. The maximum atomic E-state index is 11.9. The van der Waals surface area contributed by atoms with Crippen LogP contribution in [-0.2, 0) is 14.3 Å². The van der Waals surface area contributed by atoms with E-state index in [1.165, 1.54) is 12.1 Å². The van der Waals surface area contributed by atoms with Crippen LogP contribution in [0.5, 0.6) is 0 Å². The summed E-state index contributed by atoms with van der Waals surface area (Å²) < 4.78 is 9.79. The van der Waals surface area contributed by atoms with E-state index >= 15 is 0 Å². The van der Waals surface area contributed by atoms with Crippen LogP contribution in [0.4, 0.5) is 0 Å². The van der Waals surface area contributed by atoms with Crippen molar-refractivity contribution in [3.8, 4) is 0 Å². The fourth-order valence-corrected chi connectivity index (χ4v) is 1.85. The number of aliphatic hydroxyl groups is 3. The van der Waals surface area contributed by atoms with Crippen molar-refractivity contribution < 1.29 is 34.4 Å². The number of Topliss-reactive ketones (excluding diaryl/α,β-unsaturated/α-hetero) is 1. The molecule has 1 aromatic rings. The molecule has 0 aliphatic carbocycles. The molecule has 0 aromatic heterocycles. The van der Waals surface area contributed by atoms with E-state index in [2.05, 4.69) is 0 Å². The Morgan fingerprint density at radius 1 is 1.25 bits per heavy atom. The standard InChI is InChI=1S/C13H14O7/c14-6-8-11(9(15)10(16)13(18)19-8)20-12(17)7-4-2-1-3-5-7/h1-5,8,10-11,13-14,16,18H,6H2/t8-,10+,11-,13?/m1/s1. The van der Waals surface area contributed by atoms with Crippen molar-refractivity contribution in [1.29, 1.82) is 0 Å². The molecule has 1 saturated heterocycles. The van der Waals surface area contributed by atoms with Gasteiger partial charge in [0, 0.05) is 0 Å². The average Bonchev–Trinajstić information content (AvgIpc) is 2.48. The summed E-state index contributed by atoms with van der Waals surface area (Å²) in [6.07, 6.45) is -6.24. The minimum atomic E-state index is -1.81. The molecule has 0 spiro atoms. The Hall–Kier alpha value is -1.80. The van der Waals surface area contributed by atoms with Gasteiger partial charge in [0.2, 0.25) is 5.78 Å². The maximum absolute atomic E-state index is 11.9. The number of rotatable bonds is 3. The third-order valence-electron chi connectivity index (χ3n) is 2.92. The van der Waals surface area contributed by atoms with E-state index in [9.17, 15) is 19.8 Å². The summed E-state index contributed by atoms with van der Waals surface area (Å²) in [4.78, 5) is 23.6. The second-order valence-corrected chi connectivity index (χ2v) is 4.29. The van der Waals surface area contributed by atoms with Crippen LogP contribution in [0.15, 0.2) is 30.3 Å². The van der Waals surface area contributed by atoms with E-state index in [4.69, 9.17) is 14.6 Å². The summed E-state index contributed by atoms with van der Waals surface area (Å²) in [5.74, 6) is -1.69. The van der Waals surface area contributed by atoms with Gasteiger partial charge in [-0.25, -0.2) is 4.79 Å². The number of hydrogen-bond acceptors (Lipinski definition) is 7. The molecule has 108 valence electrons. The first-order valence-electron chi connectivity index (χ1n) is 5.97. The fraction of sp³-hybridized carbons (Fsp3) is 0.385. The van der Waals surface area contributed by atoms with Crippen LogP contribution in [0.3, 0.4) is 0 Å². The summed E-state index contributed by atoms with van der Waals surface area (Å²) in [6.45, 7) is -0.637. The molecule has 1 aromatic carbocycles. The van der Waals surface area contributed by atoms with Crippen molar-refractivity contribution in [2.75, 3.05) is 6.61 Å². The number of benzene rings is 1. The number of ketones is 1. The van der Waals surface area contributed by atoms with E-state index < -0.39 is 43.0 Å². The van der Waals surface area contributed by atoms with Gasteiger partial charge in [0.1, 0.15) is 6.10 Å². The second-order valence-electron chi connectivity index (χ2n) is 4.29. The molecule has 7 nitrogen and oxygen atoms in total. The molecule has 1 aliphatic heterocycles. The molecule has 1 fully saturated rings. The predicted octanol–water partition coefficient (Wildman–Crippen LogP) is -1.15. The summed E-state index contributed by atoms with van der Waals surface area (Å²) >= 11 is 0. The molecular formula is C13H14O7. The SMILES string of the molecule is O=C(O[C@H]1C(=O)[C@H](O)C(O)O[C@@H]1CO)c1ccccc1. The Morgan fingerprint density at radius 2 is 1.90 bits per heavy atom. The van der Waals surface area contributed by atoms with Crippen LogP contribution >= 0.6 is 0 Å². The Balaban J connectivity index is 2.13. The van der Waals surface area contributed by atoms with Crippen LogP contribution in [0.25, 0.3) is 0 Å². The van der Waals surface area contributed by atoms with E-state index in [1.807, 2.05) is 0 Å². The lowest BCUT2D eigenvalue weighted by atomic mass is 10.0. The quantitative estimate of drug-likeness (QED) is 0.600. The van der Waals surface area contributed by atoms with Gasteiger partial charge >= 0.3 is 5.97 Å². The van der Waals surface area contributed by atoms with Crippen LogP contribution in [-0.4, -0.2) is 58.3 Å². The molecular weight excluding hydrogens is 268 g/mol. The van der Waals surface area contributed by atoms with Crippen molar-refractivity contribution in [2.24, 2.45) is 0 Å². The normalized spacial score (nSPS) is 30.1. The highest BCUT2D eigenvalue weighted by Crippen LogP contribution is 2.20. The zero-order valence-electron chi connectivity index (χ0n) is 10.4. The van der Waals surface area contributed by atoms with E-state index in [-0.39, 0.29) is 5.56 Å². The molecule has 1 aliphatic rings. The smallest absolute Gasteiger partial charge is 0.338 e. The summed E-state index contributed by atoms with van der Waals surface area (Å²) in [5, 5.41) is 27.8. The molecule has 2 rings (SSSR count). The van der Waals surface area contributed by atoms with Gasteiger partial charge in [-0.2, -0.15) is 0 Å². The van der Waals surface area contributed by atoms with Crippen LogP contribution in [0, 0.1) is 0 Å². The van der Waals surface area contributed by atoms with E-state index in [0.717, 1.165) is 0 Å². The van der Waals surface area contributed by atoms with Crippen LogP contribution in [0.2, 0.25) is 0 Å². The number of carbonyl (C=O) groups excluding carboxylic acids is 2. The Labute approximate surface area is 114 Å². The topological polar surface area (TPSA) is 113 Å². The third-order valence-corrected chi connectivity index (χ3v) is 2.92. The zero-order chi connectivity index (χ0) is 14.7. The lowest BCUT2D eigenvalue weighted by molar-refractivity contribution is -0.238. The number of ether oxygens (including phenoxy) is 2.